The van der Waals surface area contributed by atoms with Crippen molar-refractivity contribution < 1.29 is 9.53 Å². The average molecular weight is 247 g/mol. The van der Waals surface area contributed by atoms with Gasteiger partial charge in [-0.15, -0.1) is 11.3 Å². The standard InChI is InChI=1S/C13H13NO2S/c1-9-3-4-12(16-2)10(5-9)6-11(15)13-7-14-8-17-13/h3-5,7-8H,6H2,1-2H3. The summed E-state index contributed by atoms with van der Waals surface area (Å²) in [6.07, 6.45) is 1.96. The SMILES string of the molecule is COc1ccc(C)cc1CC(=O)c1cncs1. The minimum absolute atomic E-state index is 0.0800. The molecule has 0 aliphatic rings. The van der Waals surface area contributed by atoms with Gasteiger partial charge >= 0.3 is 0 Å². The number of aryl methyl sites for hydroxylation is 1. The van der Waals surface area contributed by atoms with Crippen LogP contribution in [0.25, 0.3) is 0 Å². The Morgan fingerprint density at radius 3 is 2.94 bits per heavy atom. The van der Waals surface area contributed by atoms with Crippen LogP contribution in [0.3, 0.4) is 0 Å². The maximum Gasteiger partial charge on any atom is 0.178 e. The lowest BCUT2D eigenvalue weighted by atomic mass is 10.0. The van der Waals surface area contributed by atoms with Crippen LogP contribution in [0.5, 0.6) is 5.75 Å². The van der Waals surface area contributed by atoms with E-state index < -0.39 is 0 Å². The number of carbonyl (C=O) groups excluding carboxylic acids is 1. The highest BCUT2D eigenvalue weighted by molar-refractivity contribution is 7.11. The second-order valence-corrected chi connectivity index (χ2v) is 4.67. The van der Waals surface area contributed by atoms with Gasteiger partial charge in [0.15, 0.2) is 5.78 Å². The van der Waals surface area contributed by atoms with Crippen molar-refractivity contribution in [1.29, 1.82) is 0 Å². The molecule has 0 N–H and O–H groups in total. The van der Waals surface area contributed by atoms with E-state index in [1.54, 1.807) is 18.8 Å². The zero-order chi connectivity index (χ0) is 12.3. The number of ketones is 1. The maximum absolute atomic E-state index is 12.0. The molecule has 0 bridgehead atoms. The van der Waals surface area contributed by atoms with Crippen LogP contribution in [-0.2, 0) is 6.42 Å². The Labute approximate surface area is 104 Å². The van der Waals surface area contributed by atoms with Crippen molar-refractivity contribution in [1.82, 2.24) is 4.98 Å². The molecule has 0 radical (unpaired) electrons. The van der Waals surface area contributed by atoms with Gasteiger partial charge in [0.25, 0.3) is 0 Å². The smallest absolute Gasteiger partial charge is 0.178 e. The first kappa shape index (κ1) is 11.8. The van der Waals surface area contributed by atoms with Gasteiger partial charge in [0.05, 0.1) is 17.5 Å². The van der Waals surface area contributed by atoms with Crippen molar-refractivity contribution in [2.75, 3.05) is 7.11 Å². The molecular weight excluding hydrogens is 234 g/mol. The Balaban J connectivity index is 2.23. The number of ether oxygens (including phenoxy) is 1. The molecule has 17 heavy (non-hydrogen) atoms. The van der Waals surface area contributed by atoms with Crippen LogP contribution in [0.2, 0.25) is 0 Å². The number of benzene rings is 1. The Bertz CT molecular complexity index is 520. The third kappa shape index (κ3) is 2.71. The van der Waals surface area contributed by atoms with E-state index in [1.807, 2.05) is 25.1 Å². The van der Waals surface area contributed by atoms with E-state index in [4.69, 9.17) is 4.74 Å². The van der Waals surface area contributed by atoms with E-state index in [-0.39, 0.29) is 5.78 Å². The number of carbonyl (C=O) groups is 1. The predicted molar refractivity (Wildman–Crippen MR) is 67.9 cm³/mol. The fourth-order valence-corrected chi connectivity index (χ4v) is 2.22. The van der Waals surface area contributed by atoms with Crippen LogP contribution < -0.4 is 4.74 Å². The second-order valence-electron chi connectivity index (χ2n) is 3.78. The second kappa shape index (κ2) is 5.10. The first-order chi connectivity index (χ1) is 8.20. The molecule has 0 saturated carbocycles. The Morgan fingerprint density at radius 1 is 1.47 bits per heavy atom. The molecule has 88 valence electrons. The van der Waals surface area contributed by atoms with E-state index in [0.29, 0.717) is 11.3 Å². The quantitative estimate of drug-likeness (QED) is 0.780. The van der Waals surface area contributed by atoms with Gasteiger partial charge in [-0.25, -0.2) is 0 Å². The van der Waals surface area contributed by atoms with E-state index in [1.165, 1.54) is 11.3 Å². The van der Waals surface area contributed by atoms with Crippen LogP contribution in [0.15, 0.2) is 29.9 Å². The molecule has 2 rings (SSSR count). The number of methoxy groups -OCH3 is 1. The zero-order valence-corrected chi connectivity index (χ0v) is 10.6. The summed E-state index contributed by atoms with van der Waals surface area (Å²) in [5.74, 6) is 0.838. The summed E-state index contributed by atoms with van der Waals surface area (Å²) in [5, 5.41) is 0. The fourth-order valence-electron chi connectivity index (χ4n) is 1.66. The van der Waals surface area contributed by atoms with Crippen LogP contribution in [0.4, 0.5) is 0 Å². The van der Waals surface area contributed by atoms with Gasteiger partial charge in [-0.05, 0) is 13.0 Å². The van der Waals surface area contributed by atoms with Crippen molar-refractivity contribution in [2.45, 2.75) is 13.3 Å². The summed E-state index contributed by atoms with van der Waals surface area (Å²) in [7, 11) is 1.62. The molecule has 0 unspecified atom stereocenters. The van der Waals surface area contributed by atoms with Gasteiger partial charge in [0, 0.05) is 18.2 Å². The van der Waals surface area contributed by atoms with Crippen molar-refractivity contribution in [3.63, 3.8) is 0 Å². The summed E-state index contributed by atoms with van der Waals surface area (Å²) >= 11 is 1.37. The van der Waals surface area contributed by atoms with Gasteiger partial charge in [-0.1, -0.05) is 17.7 Å². The largest absolute Gasteiger partial charge is 0.496 e. The molecular formula is C13H13NO2S. The number of thiazole rings is 1. The average Bonchev–Trinajstić information content (AvgIpc) is 2.83. The van der Waals surface area contributed by atoms with Crippen molar-refractivity contribution in [2.24, 2.45) is 0 Å². The zero-order valence-electron chi connectivity index (χ0n) is 9.77. The lowest BCUT2D eigenvalue weighted by molar-refractivity contribution is 0.0996. The van der Waals surface area contributed by atoms with Crippen molar-refractivity contribution in [3.8, 4) is 5.75 Å². The summed E-state index contributed by atoms with van der Waals surface area (Å²) < 4.78 is 5.25. The monoisotopic (exact) mass is 247 g/mol. The summed E-state index contributed by atoms with van der Waals surface area (Å²) in [4.78, 5) is 16.6. The van der Waals surface area contributed by atoms with Gasteiger partial charge in [0.2, 0.25) is 0 Å². The summed E-state index contributed by atoms with van der Waals surface area (Å²) in [5.41, 5.74) is 3.71. The molecule has 2 aromatic rings. The number of hydrogen-bond donors (Lipinski definition) is 0. The molecule has 1 heterocycles. The van der Waals surface area contributed by atoms with E-state index in [0.717, 1.165) is 16.9 Å². The van der Waals surface area contributed by atoms with Crippen LogP contribution in [0.1, 0.15) is 20.8 Å². The molecule has 3 nitrogen and oxygen atoms in total. The van der Waals surface area contributed by atoms with E-state index in [2.05, 4.69) is 4.98 Å². The first-order valence-electron chi connectivity index (χ1n) is 5.26. The van der Waals surface area contributed by atoms with Crippen molar-refractivity contribution in [3.05, 3.63) is 45.9 Å². The topological polar surface area (TPSA) is 39.2 Å². The summed E-state index contributed by atoms with van der Waals surface area (Å²) in [6.45, 7) is 2.00. The lowest BCUT2D eigenvalue weighted by Crippen LogP contribution is -2.03. The third-order valence-electron chi connectivity index (χ3n) is 2.49. The highest BCUT2D eigenvalue weighted by Gasteiger charge is 2.12. The Hall–Kier alpha value is -1.68. The lowest BCUT2D eigenvalue weighted by Gasteiger charge is -2.08. The third-order valence-corrected chi connectivity index (χ3v) is 3.31. The van der Waals surface area contributed by atoms with Crippen LogP contribution in [0, 0.1) is 6.92 Å². The Kier molecular flexibility index (Phi) is 3.54. The number of hydrogen-bond acceptors (Lipinski definition) is 4. The van der Waals surface area contributed by atoms with Crippen LogP contribution in [-0.4, -0.2) is 17.9 Å². The highest BCUT2D eigenvalue weighted by atomic mass is 32.1. The molecule has 0 amide bonds. The van der Waals surface area contributed by atoms with Gasteiger partial charge < -0.3 is 4.74 Å². The highest BCUT2D eigenvalue weighted by Crippen LogP contribution is 2.22. The number of aromatic nitrogens is 1. The first-order valence-corrected chi connectivity index (χ1v) is 6.14. The van der Waals surface area contributed by atoms with E-state index in [9.17, 15) is 4.79 Å². The summed E-state index contributed by atoms with van der Waals surface area (Å²) in [6, 6.07) is 5.85. The molecule has 0 atom stereocenters. The molecule has 0 fully saturated rings. The fraction of sp³-hybridized carbons (Fsp3) is 0.231. The van der Waals surface area contributed by atoms with Gasteiger partial charge in [-0.3, -0.25) is 9.78 Å². The molecule has 0 aliphatic heterocycles. The van der Waals surface area contributed by atoms with Crippen molar-refractivity contribution >= 4 is 17.1 Å². The number of Topliss-reactive ketones (excluding diaryl/α,β-unsaturated/α-hetero) is 1. The molecule has 0 aliphatic carbocycles. The maximum atomic E-state index is 12.0. The Morgan fingerprint density at radius 2 is 2.29 bits per heavy atom. The molecule has 1 aromatic heterocycles. The van der Waals surface area contributed by atoms with Gasteiger partial charge in [0.1, 0.15) is 5.75 Å². The van der Waals surface area contributed by atoms with Crippen LogP contribution >= 0.6 is 11.3 Å². The predicted octanol–water partition coefficient (Wildman–Crippen LogP) is 2.89. The molecule has 0 saturated heterocycles. The minimum atomic E-state index is 0.0800. The van der Waals surface area contributed by atoms with E-state index >= 15 is 0 Å². The number of rotatable bonds is 4. The normalized spacial score (nSPS) is 10.2. The molecule has 0 spiro atoms. The van der Waals surface area contributed by atoms with Gasteiger partial charge in [-0.2, -0.15) is 0 Å². The number of nitrogens with zero attached hydrogens (tertiary/aromatic N) is 1. The molecule has 4 heteroatoms. The molecule has 1 aromatic carbocycles. The minimum Gasteiger partial charge on any atom is -0.496 e.